The fraction of sp³-hybridized carbons (Fsp3) is 0.136. The summed E-state index contributed by atoms with van der Waals surface area (Å²) in [5.41, 5.74) is 4.98. The zero-order valence-corrected chi connectivity index (χ0v) is 18.8. The fourth-order valence-electron chi connectivity index (χ4n) is 3.37. The van der Waals surface area contributed by atoms with Gasteiger partial charge in [-0.05, 0) is 61.4 Å². The molecule has 0 saturated heterocycles. The Labute approximate surface area is 181 Å². The van der Waals surface area contributed by atoms with E-state index in [0.29, 0.717) is 11.4 Å². The first kappa shape index (κ1) is 21.1. The van der Waals surface area contributed by atoms with E-state index in [1.165, 1.54) is 29.8 Å². The van der Waals surface area contributed by atoms with Crippen molar-refractivity contribution in [3.8, 4) is 11.3 Å². The van der Waals surface area contributed by atoms with Crippen LogP contribution in [-0.4, -0.2) is 33.3 Å². The van der Waals surface area contributed by atoms with Crippen molar-refractivity contribution >= 4 is 36.5 Å². The van der Waals surface area contributed by atoms with Crippen LogP contribution >= 0.6 is 0 Å². The van der Waals surface area contributed by atoms with Crippen molar-refractivity contribution < 1.29 is 16.8 Å². The second-order valence-electron chi connectivity index (χ2n) is 7.46. The number of hydrogen-bond acceptors (Lipinski definition) is 5. The highest BCUT2D eigenvalue weighted by molar-refractivity contribution is 7.95. The molecule has 9 heteroatoms. The Balaban J connectivity index is 1.77. The second kappa shape index (κ2) is 7.51. The van der Waals surface area contributed by atoms with Crippen LogP contribution in [0.15, 0.2) is 70.5 Å². The summed E-state index contributed by atoms with van der Waals surface area (Å²) in [4.78, 5) is -0.540. The maximum atomic E-state index is 13.0. The first-order chi connectivity index (χ1) is 14.6. The normalized spacial score (nSPS) is 12.2. The maximum absolute atomic E-state index is 13.0. The van der Waals surface area contributed by atoms with Crippen molar-refractivity contribution in [3.63, 3.8) is 0 Å². The van der Waals surface area contributed by atoms with Gasteiger partial charge in [0.25, 0.3) is 10.0 Å². The van der Waals surface area contributed by atoms with Gasteiger partial charge in [-0.1, -0.05) is 24.3 Å². The van der Waals surface area contributed by atoms with E-state index >= 15 is 0 Å². The van der Waals surface area contributed by atoms with Crippen molar-refractivity contribution in [2.24, 2.45) is 0 Å². The van der Waals surface area contributed by atoms with E-state index in [-0.39, 0.29) is 9.79 Å². The Hall–Kier alpha value is -3.17. The molecule has 0 spiro atoms. The third-order valence-corrected chi connectivity index (χ3v) is 7.86. The molecule has 0 amide bonds. The van der Waals surface area contributed by atoms with Crippen LogP contribution in [0.1, 0.15) is 11.1 Å². The van der Waals surface area contributed by atoms with Gasteiger partial charge in [0.2, 0.25) is 0 Å². The predicted octanol–water partition coefficient (Wildman–Crippen LogP) is 4.05. The summed E-state index contributed by atoms with van der Waals surface area (Å²) in [5, 5.41) is 8.11. The average molecular weight is 456 g/mol. The van der Waals surface area contributed by atoms with Crippen LogP contribution in [0.3, 0.4) is 0 Å². The summed E-state index contributed by atoms with van der Waals surface area (Å²) in [6, 6.07) is 16.6. The number of aryl methyl sites for hydroxylation is 2. The van der Waals surface area contributed by atoms with Gasteiger partial charge in [0, 0.05) is 22.9 Å². The lowest BCUT2D eigenvalue weighted by Crippen LogP contribution is -2.16. The monoisotopic (exact) mass is 455 g/mol. The minimum atomic E-state index is -4.13. The van der Waals surface area contributed by atoms with E-state index in [1.54, 1.807) is 18.2 Å². The third kappa shape index (κ3) is 4.06. The zero-order valence-electron chi connectivity index (χ0n) is 17.2. The highest BCUT2D eigenvalue weighted by Crippen LogP contribution is 2.31. The number of sulfone groups is 1. The van der Waals surface area contributed by atoms with Crippen molar-refractivity contribution in [2.45, 2.75) is 23.6 Å². The number of H-pyrrole nitrogens is 1. The Morgan fingerprint density at radius 1 is 0.839 bits per heavy atom. The summed E-state index contributed by atoms with van der Waals surface area (Å²) < 4.78 is 52.5. The number of anilines is 1. The largest absolute Gasteiger partial charge is 0.280 e. The molecular weight excluding hydrogens is 434 g/mol. The molecule has 0 saturated carbocycles. The maximum Gasteiger partial charge on any atom is 0.263 e. The van der Waals surface area contributed by atoms with Crippen molar-refractivity contribution in [1.82, 2.24) is 10.2 Å². The molecule has 0 aliphatic carbocycles. The van der Waals surface area contributed by atoms with Crippen molar-refractivity contribution in [2.75, 3.05) is 11.0 Å². The van der Waals surface area contributed by atoms with Crippen LogP contribution in [0, 0.1) is 13.8 Å². The molecule has 4 rings (SSSR count). The van der Waals surface area contributed by atoms with Crippen LogP contribution in [0.2, 0.25) is 0 Å². The standard InChI is InChI=1S/C22H21N3O4S2/c1-14-8-9-16(12-15(14)2)22-18-13-17(10-11-19(18)23-24-22)25-31(28,29)21-7-5-4-6-20(21)30(3,26)27/h4-13,25H,1-3H3,(H,23,24). The van der Waals surface area contributed by atoms with Crippen molar-refractivity contribution in [1.29, 1.82) is 0 Å². The van der Waals surface area contributed by atoms with Gasteiger partial charge in [0.1, 0.15) is 4.90 Å². The quantitative estimate of drug-likeness (QED) is 0.472. The Morgan fingerprint density at radius 2 is 1.55 bits per heavy atom. The third-order valence-electron chi connectivity index (χ3n) is 5.13. The number of fused-ring (bicyclic) bond motifs is 1. The molecule has 0 unspecified atom stereocenters. The number of sulfonamides is 1. The van der Waals surface area contributed by atoms with Gasteiger partial charge in [0.15, 0.2) is 9.84 Å². The summed E-state index contributed by atoms with van der Waals surface area (Å²) in [7, 11) is -7.85. The minimum Gasteiger partial charge on any atom is -0.280 e. The molecule has 0 bridgehead atoms. The van der Waals surface area contributed by atoms with Gasteiger partial charge in [-0.15, -0.1) is 0 Å². The van der Waals surface area contributed by atoms with Crippen LogP contribution < -0.4 is 4.72 Å². The lowest BCUT2D eigenvalue weighted by molar-refractivity contribution is 0.588. The van der Waals surface area contributed by atoms with Crippen LogP contribution in [0.25, 0.3) is 22.2 Å². The van der Waals surface area contributed by atoms with E-state index in [0.717, 1.165) is 28.3 Å². The van der Waals surface area contributed by atoms with Crippen LogP contribution in [-0.2, 0) is 19.9 Å². The molecule has 31 heavy (non-hydrogen) atoms. The molecule has 0 aliphatic rings. The number of nitrogens with zero attached hydrogens (tertiary/aromatic N) is 1. The number of benzene rings is 3. The van der Waals surface area contributed by atoms with Crippen molar-refractivity contribution in [3.05, 3.63) is 71.8 Å². The van der Waals surface area contributed by atoms with Gasteiger partial charge in [-0.3, -0.25) is 9.82 Å². The topological polar surface area (TPSA) is 109 Å². The Bertz CT molecular complexity index is 1520. The van der Waals surface area contributed by atoms with E-state index < -0.39 is 19.9 Å². The van der Waals surface area contributed by atoms with Gasteiger partial charge in [-0.25, -0.2) is 16.8 Å². The summed E-state index contributed by atoms with van der Waals surface area (Å²) in [6.45, 7) is 4.05. The molecule has 1 aromatic heterocycles. The van der Waals surface area contributed by atoms with E-state index in [9.17, 15) is 16.8 Å². The van der Waals surface area contributed by atoms with Gasteiger partial charge in [-0.2, -0.15) is 5.10 Å². The molecule has 160 valence electrons. The number of rotatable bonds is 5. The molecule has 2 N–H and O–H groups in total. The van der Waals surface area contributed by atoms with Crippen LogP contribution in [0.4, 0.5) is 5.69 Å². The van der Waals surface area contributed by atoms with Gasteiger partial charge < -0.3 is 0 Å². The fourth-order valence-corrected chi connectivity index (χ4v) is 6.06. The number of hydrogen-bond donors (Lipinski definition) is 2. The molecule has 0 atom stereocenters. The molecule has 0 fully saturated rings. The van der Waals surface area contributed by atoms with E-state index in [1.807, 2.05) is 32.0 Å². The van der Waals surface area contributed by atoms with Crippen LogP contribution in [0.5, 0.6) is 0 Å². The lowest BCUT2D eigenvalue weighted by Gasteiger charge is -2.11. The Morgan fingerprint density at radius 3 is 2.23 bits per heavy atom. The molecule has 0 radical (unpaired) electrons. The first-order valence-electron chi connectivity index (χ1n) is 9.44. The summed E-state index contributed by atoms with van der Waals surface area (Å²) in [6.07, 6.45) is 0.981. The SMILES string of the molecule is Cc1ccc(-c2n[nH]c3ccc(NS(=O)(=O)c4ccccc4S(C)(=O)=O)cc23)cc1C. The number of aromatic amines is 1. The number of nitrogens with one attached hydrogen (secondary N) is 2. The molecule has 7 nitrogen and oxygen atoms in total. The summed E-state index contributed by atoms with van der Waals surface area (Å²) in [5.74, 6) is 0. The second-order valence-corrected chi connectivity index (χ2v) is 11.1. The van der Waals surface area contributed by atoms with E-state index in [4.69, 9.17) is 0 Å². The lowest BCUT2D eigenvalue weighted by atomic mass is 10.0. The molecule has 4 aromatic rings. The molecule has 3 aromatic carbocycles. The van der Waals surface area contributed by atoms with Gasteiger partial charge >= 0.3 is 0 Å². The molecule has 0 aliphatic heterocycles. The first-order valence-corrected chi connectivity index (χ1v) is 12.8. The zero-order chi connectivity index (χ0) is 22.4. The van der Waals surface area contributed by atoms with Gasteiger partial charge in [0.05, 0.1) is 16.1 Å². The number of aromatic nitrogens is 2. The Kier molecular flexibility index (Phi) is 5.10. The average Bonchev–Trinajstić information content (AvgIpc) is 3.12. The smallest absolute Gasteiger partial charge is 0.263 e. The summed E-state index contributed by atoms with van der Waals surface area (Å²) >= 11 is 0. The highest BCUT2D eigenvalue weighted by Gasteiger charge is 2.24. The minimum absolute atomic E-state index is 0.247. The molecular formula is C22H21N3O4S2. The predicted molar refractivity (Wildman–Crippen MR) is 121 cm³/mol. The highest BCUT2D eigenvalue weighted by atomic mass is 32.2. The molecule has 1 heterocycles. The van der Waals surface area contributed by atoms with E-state index in [2.05, 4.69) is 14.9 Å².